The van der Waals surface area contributed by atoms with Crippen LogP contribution < -0.4 is 5.43 Å². The molecular weight excluding hydrogens is 297 g/mol. The van der Waals surface area contributed by atoms with Gasteiger partial charge in [0.15, 0.2) is 0 Å². The first kappa shape index (κ1) is 14.6. The Bertz CT molecular complexity index is 789. The Morgan fingerprint density at radius 2 is 1.86 bits per heavy atom. The van der Waals surface area contributed by atoms with Crippen LogP contribution in [0.25, 0.3) is 10.9 Å². The summed E-state index contributed by atoms with van der Waals surface area (Å²) in [7, 11) is 0. The lowest BCUT2D eigenvalue weighted by Gasteiger charge is -2.15. The molecule has 0 bridgehead atoms. The minimum atomic E-state index is -4.57. The van der Waals surface area contributed by atoms with Crippen LogP contribution in [0.2, 0.25) is 0 Å². The average Bonchev–Trinajstić information content (AvgIpc) is 3.00. The molecule has 1 saturated heterocycles. The predicted molar refractivity (Wildman–Crippen MR) is 74.7 cm³/mol. The quantitative estimate of drug-likeness (QED) is 0.880. The van der Waals surface area contributed by atoms with E-state index in [4.69, 9.17) is 0 Å². The Kier molecular flexibility index (Phi) is 3.42. The van der Waals surface area contributed by atoms with Gasteiger partial charge in [-0.05, 0) is 25.0 Å². The Labute approximate surface area is 123 Å². The van der Waals surface area contributed by atoms with Crippen LogP contribution in [-0.4, -0.2) is 28.9 Å². The molecule has 116 valence electrons. The molecule has 1 aliphatic heterocycles. The fourth-order valence-electron chi connectivity index (χ4n) is 2.74. The second-order valence-electron chi connectivity index (χ2n) is 5.26. The summed E-state index contributed by atoms with van der Waals surface area (Å²) in [5.74, 6) is -0.432. The molecule has 7 heteroatoms. The summed E-state index contributed by atoms with van der Waals surface area (Å²) in [5.41, 5.74) is -1.99. The number of hydrogen-bond acceptors (Lipinski definition) is 2. The summed E-state index contributed by atoms with van der Waals surface area (Å²) in [6.07, 6.45) is -1.74. The van der Waals surface area contributed by atoms with E-state index in [1.54, 1.807) is 4.90 Å². The number of para-hydroxylation sites is 1. The van der Waals surface area contributed by atoms with Crippen molar-refractivity contribution in [3.8, 4) is 0 Å². The van der Waals surface area contributed by atoms with Crippen molar-refractivity contribution in [3.05, 3.63) is 45.7 Å². The SMILES string of the molecule is O=C(c1c[nH]c2c(C(F)(F)F)cccc2c1=O)N1CCCC1. The van der Waals surface area contributed by atoms with Crippen LogP contribution >= 0.6 is 0 Å². The zero-order valence-corrected chi connectivity index (χ0v) is 11.5. The average molecular weight is 310 g/mol. The molecule has 1 N–H and O–H groups in total. The van der Waals surface area contributed by atoms with Crippen LogP contribution in [0.3, 0.4) is 0 Å². The van der Waals surface area contributed by atoms with E-state index >= 15 is 0 Å². The summed E-state index contributed by atoms with van der Waals surface area (Å²) in [6, 6.07) is 3.37. The maximum absolute atomic E-state index is 13.0. The molecule has 1 fully saturated rings. The number of aromatic amines is 1. The van der Waals surface area contributed by atoms with Crippen molar-refractivity contribution in [1.29, 1.82) is 0 Å². The topological polar surface area (TPSA) is 53.2 Å². The monoisotopic (exact) mass is 310 g/mol. The first-order valence-electron chi connectivity index (χ1n) is 6.90. The van der Waals surface area contributed by atoms with E-state index in [2.05, 4.69) is 4.98 Å². The summed E-state index contributed by atoms with van der Waals surface area (Å²) >= 11 is 0. The predicted octanol–water partition coefficient (Wildman–Crippen LogP) is 2.78. The number of alkyl halides is 3. The lowest BCUT2D eigenvalue weighted by Crippen LogP contribution is -2.32. The highest BCUT2D eigenvalue weighted by atomic mass is 19.4. The van der Waals surface area contributed by atoms with Crippen molar-refractivity contribution < 1.29 is 18.0 Å². The van der Waals surface area contributed by atoms with E-state index in [1.165, 1.54) is 12.1 Å². The lowest BCUT2D eigenvalue weighted by atomic mass is 10.1. The van der Waals surface area contributed by atoms with Gasteiger partial charge in [0, 0.05) is 24.7 Å². The molecule has 0 aliphatic carbocycles. The molecular formula is C15H13F3N2O2. The van der Waals surface area contributed by atoms with Crippen LogP contribution in [0.4, 0.5) is 13.2 Å². The number of nitrogens with zero attached hydrogens (tertiary/aromatic N) is 1. The maximum Gasteiger partial charge on any atom is 0.418 e. The fourth-order valence-corrected chi connectivity index (χ4v) is 2.74. The van der Waals surface area contributed by atoms with E-state index in [1.807, 2.05) is 0 Å². The van der Waals surface area contributed by atoms with Gasteiger partial charge in [-0.3, -0.25) is 9.59 Å². The van der Waals surface area contributed by atoms with Gasteiger partial charge < -0.3 is 9.88 Å². The number of hydrogen-bond donors (Lipinski definition) is 1. The molecule has 0 radical (unpaired) electrons. The molecule has 1 aromatic carbocycles. The smallest absolute Gasteiger partial charge is 0.360 e. The number of carbonyl (C=O) groups excluding carboxylic acids is 1. The highest BCUT2D eigenvalue weighted by Crippen LogP contribution is 2.33. The first-order valence-corrected chi connectivity index (χ1v) is 6.90. The van der Waals surface area contributed by atoms with Crippen LogP contribution in [0.15, 0.2) is 29.2 Å². The number of pyridine rings is 1. The largest absolute Gasteiger partial charge is 0.418 e. The van der Waals surface area contributed by atoms with Gasteiger partial charge in [-0.25, -0.2) is 0 Å². The van der Waals surface area contributed by atoms with Gasteiger partial charge in [0.1, 0.15) is 5.56 Å². The minimum Gasteiger partial charge on any atom is -0.360 e. The second kappa shape index (κ2) is 5.15. The molecule has 0 unspecified atom stereocenters. The van der Waals surface area contributed by atoms with Crippen molar-refractivity contribution >= 4 is 16.8 Å². The molecule has 0 spiro atoms. The Morgan fingerprint density at radius 3 is 2.50 bits per heavy atom. The van der Waals surface area contributed by atoms with Gasteiger partial charge in [0.2, 0.25) is 5.43 Å². The summed E-state index contributed by atoms with van der Waals surface area (Å²) in [5, 5.41) is -0.125. The van der Waals surface area contributed by atoms with Gasteiger partial charge in [-0.2, -0.15) is 13.2 Å². The highest BCUT2D eigenvalue weighted by Gasteiger charge is 2.33. The number of benzene rings is 1. The Hall–Kier alpha value is -2.31. The van der Waals surface area contributed by atoms with E-state index in [0.29, 0.717) is 13.1 Å². The molecule has 1 aromatic heterocycles. The number of amides is 1. The number of likely N-dealkylation sites (tertiary alicyclic amines) is 1. The summed E-state index contributed by atoms with van der Waals surface area (Å²) in [6.45, 7) is 1.14. The van der Waals surface area contributed by atoms with Crippen molar-refractivity contribution in [1.82, 2.24) is 9.88 Å². The molecule has 0 saturated carbocycles. The second-order valence-corrected chi connectivity index (χ2v) is 5.26. The lowest BCUT2D eigenvalue weighted by molar-refractivity contribution is -0.136. The van der Waals surface area contributed by atoms with E-state index in [9.17, 15) is 22.8 Å². The standard InChI is InChI=1S/C15H13F3N2O2/c16-15(17,18)11-5-3-4-9-12(11)19-8-10(13(9)21)14(22)20-6-1-2-7-20/h3-5,8H,1-2,6-7H2,(H,19,21). The molecule has 1 amide bonds. The normalized spacial score (nSPS) is 15.5. The van der Waals surface area contributed by atoms with Crippen LogP contribution in [0.5, 0.6) is 0 Å². The van der Waals surface area contributed by atoms with Crippen LogP contribution in [0.1, 0.15) is 28.8 Å². The van der Waals surface area contributed by atoms with Crippen molar-refractivity contribution in [2.24, 2.45) is 0 Å². The van der Waals surface area contributed by atoms with Gasteiger partial charge in [-0.1, -0.05) is 6.07 Å². The molecule has 4 nitrogen and oxygen atoms in total. The third-order valence-corrected chi connectivity index (χ3v) is 3.84. The number of halogens is 3. The fraction of sp³-hybridized carbons (Fsp3) is 0.333. The molecule has 0 atom stereocenters. The van der Waals surface area contributed by atoms with Gasteiger partial charge in [0.25, 0.3) is 5.91 Å². The molecule has 1 aliphatic rings. The third kappa shape index (κ3) is 2.36. The van der Waals surface area contributed by atoms with Gasteiger partial charge >= 0.3 is 6.18 Å². The number of carbonyl (C=O) groups is 1. The van der Waals surface area contributed by atoms with Crippen LogP contribution in [-0.2, 0) is 6.18 Å². The first-order chi connectivity index (χ1) is 10.4. The summed E-state index contributed by atoms with van der Waals surface area (Å²) < 4.78 is 38.9. The molecule has 2 aromatic rings. The number of H-pyrrole nitrogens is 1. The highest BCUT2D eigenvalue weighted by molar-refractivity contribution is 5.97. The van der Waals surface area contributed by atoms with Crippen molar-refractivity contribution in [3.63, 3.8) is 0 Å². The zero-order valence-electron chi connectivity index (χ0n) is 11.5. The summed E-state index contributed by atoms with van der Waals surface area (Å²) in [4.78, 5) is 28.7. The van der Waals surface area contributed by atoms with Crippen molar-refractivity contribution in [2.45, 2.75) is 19.0 Å². The number of nitrogens with one attached hydrogen (secondary N) is 1. The Balaban J connectivity index is 2.15. The number of rotatable bonds is 1. The minimum absolute atomic E-state index is 0.117. The van der Waals surface area contributed by atoms with Gasteiger partial charge in [-0.15, -0.1) is 0 Å². The van der Waals surface area contributed by atoms with E-state index in [-0.39, 0.29) is 16.5 Å². The maximum atomic E-state index is 13.0. The van der Waals surface area contributed by atoms with E-state index in [0.717, 1.165) is 25.1 Å². The number of aromatic nitrogens is 1. The molecule has 22 heavy (non-hydrogen) atoms. The number of fused-ring (bicyclic) bond motifs is 1. The third-order valence-electron chi connectivity index (χ3n) is 3.84. The molecule has 2 heterocycles. The van der Waals surface area contributed by atoms with Gasteiger partial charge in [0.05, 0.1) is 11.1 Å². The Morgan fingerprint density at radius 1 is 1.18 bits per heavy atom. The van der Waals surface area contributed by atoms with Crippen molar-refractivity contribution in [2.75, 3.05) is 13.1 Å². The van der Waals surface area contributed by atoms with E-state index < -0.39 is 23.1 Å². The van der Waals surface area contributed by atoms with Crippen LogP contribution in [0, 0.1) is 0 Å². The zero-order chi connectivity index (χ0) is 15.9. The molecule has 3 rings (SSSR count).